The molecule has 0 radical (unpaired) electrons. The zero-order valence-electron chi connectivity index (χ0n) is 14.6. The molecule has 1 N–H and O–H groups in total. The summed E-state index contributed by atoms with van der Waals surface area (Å²) in [6.07, 6.45) is 1.58. The molecule has 27 heavy (non-hydrogen) atoms. The molecule has 1 amide bonds. The number of fused-ring (bicyclic) bond motifs is 1. The van der Waals surface area contributed by atoms with Gasteiger partial charge in [0.2, 0.25) is 5.91 Å². The summed E-state index contributed by atoms with van der Waals surface area (Å²) in [6, 6.07) is 16.9. The van der Waals surface area contributed by atoms with Gasteiger partial charge in [0.15, 0.2) is 0 Å². The number of benzene rings is 2. The van der Waals surface area contributed by atoms with Gasteiger partial charge >= 0.3 is 0 Å². The summed E-state index contributed by atoms with van der Waals surface area (Å²) in [6.45, 7) is -0.152. The highest BCUT2D eigenvalue weighted by Gasteiger charge is 2.22. The molecule has 0 bridgehead atoms. The van der Waals surface area contributed by atoms with Crippen molar-refractivity contribution in [2.24, 2.45) is 0 Å². The first kappa shape index (κ1) is 17.1. The third-order valence-electron chi connectivity index (χ3n) is 4.72. The molecular weight excluding hydrogens is 345 g/mol. The Bertz CT molecular complexity index is 1020. The lowest BCUT2D eigenvalue weighted by molar-refractivity contribution is -0.122. The third kappa shape index (κ3) is 3.79. The fourth-order valence-electron chi connectivity index (χ4n) is 3.41. The van der Waals surface area contributed by atoms with Crippen molar-refractivity contribution >= 4 is 5.91 Å². The van der Waals surface area contributed by atoms with Crippen LogP contribution in [0.3, 0.4) is 0 Å². The van der Waals surface area contributed by atoms with Gasteiger partial charge in [-0.05, 0) is 54.3 Å². The highest BCUT2D eigenvalue weighted by molar-refractivity contribution is 5.76. The molecule has 0 atom stereocenters. The quantitative estimate of drug-likeness (QED) is 0.774. The molecule has 0 fully saturated rings. The third-order valence-corrected chi connectivity index (χ3v) is 4.72. The van der Waals surface area contributed by atoms with Gasteiger partial charge in [0.1, 0.15) is 12.4 Å². The summed E-state index contributed by atoms with van der Waals surface area (Å²) in [5.41, 5.74) is 3.32. The number of nitrogens with zero attached hydrogens (tertiary/aromatic N) is 2. The normalized spacial score (nSPS) is 13.4. The molecule has 0 spiro atoms. The first-order valence-corrected chi connectivity index (χ1v) is 8.79. The van der Waals surface area contributed by atoms with E-state index in [2.05, 4.69) is 22.5 Å². The Morgan fingerprint density at radius 2 is 1.70 bits per heavy atom. The molecule has 0 saturated heterocycles. The van der Waals surface area contributed by atoms with Crippen molar-refractivity contribution in [1.82, 2.24) is 15.1 Å². The number of aromatic nitrogens is 2. The molecule has 1 aromatic heterocycles. The average molecular weight is 363 g/mol. The van der Waals surface area contributed by atoms with Gasteiger partial charge in [-0.3, -0.25) is 9.59 Å². The minimum atomic E-state index is -0.356. The van der Waals surface area contributed by atoms with E-state index < -0.39 is 0 Å². The van der Waals surface area contributed by atoms with Crippen LogP contribution >= 0.6 is 0 Å². The fourth-order valence-corrected chi connectivity index (χ4v) is 3.41. The van der Waals surface area contributed by atoms with Gasteiger partial charge in [-0.15, -0.1) is 0 Å². The Hall–Kier alpha value is -3.28. The van der Waals surface area contributed by atoms with Crippen LogP contribution in [0.1, 0.15) is 11.1 Å². The van der Waals surface area contributed by atoms with Gasteiger partial charge in [0.05, 0.1) is 5.69 Å². The standard InChI is InChI=1S/C21H18FN3O2/c22-17-7-5-14(6-8-17)19-9-10-21(27)25(24-19)13-20(26)23-18-11-15-3-1-2-4-16(15)12-18/h1-10,18H,11-13H2,(H,23,26). The number of carbonyl (C=O) groups is 1. The van der Waals surface area contributed by atoms with Crippen molar-refractivity contribution in [3.8, 4) is 11.3 Å². The van der Waals surface area contributed by atoms with Crippen molar-refractivity contribution < 1.29 is 9.18 Å². The summed E-state index contributed by atoms with van der Waals surface area (Å²) in [4.78, 5) is 24.5. The SMILES string of the molecule is O=C(Cn1nc(-c2ccc(F)cc2)ccc1=O)NC1Cc2ccccc2C1. The molecule has 136 valence electrons. The maximum atomic E-state index is 13.1. The Kier molecular flexibility index (Phi) is 4.54. The molecule has 5 nitrogen and oxygen atoms in total. The summed E-state index contributed by atoms with van der Waals surface area (Å²) >= 11 is 0. The monoisotopic (exact) mass is 363 g/mol. The van der Waals surface area contributed by atoms with E-state index in [-0.39, 0.29) is 29.9 Å². The van der Waals surface area contributed by atoms with E-state index in [4.69, 9.17) is 0 Å². The average Bonchev–Trinajstić information content (AvgIpc) is 3.06. The zero-order valence-corrected chi connectivity index (χ0v) is 14.6. The Morgan fingerprint density at radius 3 is 2.37 bits per heavy atom. The molecule has 0 unspecified atom stereocenters. The summed E-state index contributed by atoms with van der Waals surface area (Å²) in [5.74, 6) is -0.595. The van der Waals surface area contributed by atoms with Crippen molar-refractivity contribution in [3.63, 3.8) is 0 Å². The molecule has 1 aliphatic carbocycles. The molecule has 4 rings (SSSR count). The van der Waals surface area contributed by atoms with Crippen molar-refractivity contribution in [3.05, 3.63) is 88.0 Å². The Labute approximate surface area is 155 Å². The van der Waals surface area contributed by atoms with Crippen LogP contribution in [-0.2, 0) is 24.2 Å². The molecule has 2 aromatic carbocycles. The van der Waals surface area contributed by atoms with Crippen LogP contribution in [0.25, 0.3) is 11.3 Å². The topological polar surface area (TPSA) is 64.0 Å². The number of halogens is 1. The number of nitrogens with one attached hydrogen (secondary N) is 1. The second kappa shape index (κ2) is 7.15. The predicted molar refractivity (Wildman–Crippen MR) is 99.7 cm³/mol. The van der Waals surface area contributed by atoms with E-state index in [9.17, 15) is 14.0 Å². The van der Waals surface area contributed by atoms with Gasteiger partial charge in [-0.2, -0.15) is 5.10 Å². The lowest BCUT2D eigenvalue weighted by Gasteiger charge is -2.13. The van der Waals surface area contributed by atoms with Crippen molar-refractivity contribution in [1.29, 1.82) is 0 Å². The molecule has 0 saturated carbocycles. The van der Waals surface area contributed by atoms with E-state index in [0.717, 1.165) is 17.5 Å². The van der Waals surface area contributed by atoms with Crippen LogP contribution in [0.2, 0.25) is 0 Å². The lowest BCUT2D eigenvalue weighted by atomic mass is 10.1. The zero-order chi connectivity index (χ0) is 18.8. The molecular formula is C21H18FN3O2. The Balaban J connectivity index is 1.46. The van der Waals surface area contributed by atoms with Gasteiger partial charge in [-0.1, -0.05) is 24.3 Å². The van der Waals surface area contributed by atoms with E-state index in [0.29, 0.717) is 11.3 Å². The van der Waals surface area contributed by atoms with Gasteiger partial charge < -0.3 is 5.32 Å². The van der Waals surface area contributed by atoms with E-state index in [1.807, 2.05) is 12.1 Å². The minimum absolute atomic E-state index is 0.0332. The summed E-state index contributed by atoms with van der Waals surface area (Å²) in [5, 5.41) is 7.23. The number of carbonyl (C=O) groups excluding carboxylic acids is 1. The maximum Gasteiger partial charge on any atom is 0.267 e. The summed E-state index contributed by atoms with van der Waals surface area (Å²) in [7, 11) is 0. The first-order chi connectivity index (χ1) is 13.1. The number of rotatable bonds is 4. The van der Waals surface area contributed by atoms with Gasteiger partial charge in [-0.25, -0.2) is 9.07 Å². The molecule has 0 aliphatic heterocycles. The van der Waals surface area contributed by atoms with E-state index in [1.165, 1.54) is 29.3 Å². The lowest BCUT2D eigenvalue weighted by Crippen LogP contribution is -2.39. The van der Waals surface area contributed by atoms with Crippen LogP contribution in [0, 0.1) is 5.82 Å². The van der Waals surface area contributed by atoms with E-state index >= 15 is 0 Å². The van der Waals surface area contributed by atoms with Gasteiger partial charge in [0, 0.05) is 17.7 Å². The molecule has 1 aliphatic rings. The molecule has 1 heterocycles. The van der Waals surface area contributed by atoms with Crippen LogP contribution in [0.15, 0.2) is 65.5 Å². The predicted octanol–water partition coefficient (Wildman–Crippen LogP) is 2.33. The Morgan fingerprint density at radius 1 is 1.04 bits per heavy atom. The van der Waals surface area contributed by atoms with Crippen molar-refractivity contribution in [2.45, 2.75) is 25.4 Å². The smallest absolute Gasteiger partial charge is 0.267 e. The van der Waals surface area contributed by atoms with E-state index in [1.54, 1.807) is 18.2 Å². The van der Waals surface area contributed by atoms with Crippen LogP contribution in [-0.4, -0.2) is 21.7 Å². The van der Waals surface area contributed by atoms with Crippen LogP contribution in [0.5, 0.6) is 0 Å². The largest absolute Gasteiger partial charge is 0.351 e. The highest BCUT2D eigenvalue weighted by atomic mass is 19.1. The summed E-state index contributed by atoms with van der Waals surface area (Å²) < 4.78 is 14.2. The fraction of sp³-hybridized carbons (Fsp3) is 0.190. The number of hydrogen-bond donors (Lipinski definition) is 1. The highest BCUT2D eigenvalue weighted by Crippen LogP contribution is 2.21. The molecule has 3 aromatic rings. The van der Waals surface area contributed by atoms with Gasteiger partial charge in [0.25, 0.3) is 5.56 Å². The minimum Gasteiger partial charge on any atom is -0.351 e. The second-order valence-electron chi connectivity index (χ2n) is 6.66. The van der Waals surface area contributed by atoms with Crippen LogP contribution in [0.4, 0.5) is 4.39 Å². The molecule has 6 heteroatoms. The van der Waals surface area contributed by atoms with Crippen LogP contribution < -0.4 is 10.9 Å². The van der Waals surface area contributed by atoms with Crippen molar-refractivity contribution in [2.75, 3.05) is 0 Å². The first-order valence-electron chi connectivity index (χ1n) is 8.79. The second-order valence-corrected chi connectivity index (χ2v) is 6.66. The maximum absolute atomic E-state index is 13.1. The number of amides is 1. The number of hydrogen-bond acceptors (Lipinski definition) is 3.